The summed E-state index contributed by atoms with van der Waals surface area (Å²) in [6.07, 6.45) is -1.15. The molecule has 31 heavy (non-hydrogen) atoms. The van der Waals surface area contributed by atoms with Gasteiger partial charge in [-0.05, 0) is 24.3 Å². The van der Waals surface area contributed by atoms with Crippen LogP contribution in [0.25, 0.3) is 0 Å². The summed E-state index contributed by atoms with van der Waals surface area (Å²) in [7, 11) is 0. The summed E-state index contributed by atoms with van der Waals surface area (Å²) in [6, 6.07) is 8.67. The second kappa shape index (κ2) is 9.13. The molecule has 0 radical (unpaired) electrons. The number of piperazine rings is 1. The van der Waals surface area contributed by atoms with Gasteiger partial charge in [-0.25, -0.2) is 4.98 Å². The van der Waals surface area contributed by atoms with E-state index in [0.717, 1.165) is 25.0 Å². The maximum atomic E-state index is 13.0. The Hall–Kier alpha value is -2.81. The van der Waals surface area contributed by atoms with E-state index in [1.165, 1.54) is 12.3 Å². The van der Waals surface area contributed by atoms with Gasteiger partial charge >= 0.3 is 6.18 Å². The van der Waals surface area contributed by atoms with Gasteiger partial charge in [0.05, 0.1) is 24.3 Å². The zero-order valence-corrected chi connectivity index (χ0v) is 17.0. The molecule has 0 N–H and O–H groups in total. The third kappa shape index (κ3) is 5.28. The van der Waals surface area contributed by atoms with Crippen molar-refractivity contribution in [2.75, 3.05) is 44.3 Å². The monoisotopic (exact) mass is 435 g/mol. The molecule has 1 amide bonds. The highest BCUT2D eigenvalue weighted by atomic mass is 19.4. The van der Waals surface area contributed by atoms with Crippen molar-refractivity contribution in [3.63, 3.8) is 0 Å². The number of hydrogen-bond acceptors (Lipinski definition) is 5. The number of benzene rings is 1. The molecule has 1 aromatic heterocycles. The molecule has 6 nitrogen and oxygen atoms in total. The molecule has 4 rings (SSSR count). The Morgan fingerprint density at radius 1 is 1.06 bits per heavy atom. The SMILES string of the molecule is O=C(c1ccc(OC2CCOCC2)nc1)N1CCN(c2cccc(C(F)(F)F)c2)CC1. The molecule has 2 aliphatic rings. The average molecular weight is 435 g/mol. The highest BCUT2D eigenvalue weighted by Gasteiger charge is 2.31. The van der Waals surface area contributed by atoms with Gasteiger partial charge in [-0.15, -0.1) is 0 Å². The number of hydrogen-bond donors (Lipinski definition) is 0. The normalized spacial score (nSPS) is 18.2. The number of carbonyl (C=O) groups is 1. The van der Waals surface area contributed by atoms with Crippen LogP contribution in [0.1, 0.15) is 28.8 Å². The minimum absolute atomic E-state index is 0.0757. The van der Waals surface area contributed by atoms with E-state index in [1.807, 2.05) is 4.90 Å². The summed E-state index contributed by atoms with van der Waals surface area (Å²) < 4.78 is 50.0. The topological polar surface area (TPSA) is 54.9 Å². The van der Waals surface area contributed by atoms with Gasteiger partial charge in [0.25, 0.3) is 5.91 Å². The number of aromatic nitrogens is 1. The van der Waals surface area contributed by atoms with Crippen LogP contribution in [0.3, 0.4) is 0 Å². The molecule has 0 saturated carbocycles. The Morgan fingerprint density at radius 3 is 2.45 bits per heavy atom. The van der Waals surface area contributed by atoms with Crippen LogP contribution in [0.5, 0.6) is 5.88 Å². The fraction of sp³-hybridized carbons (Fsp3) is 0.455. The van der Waals surface area contributed by atoms with E-state index < -0.39 is 11.7 Å². The van der Waals surface area contributed by atoms with E-state index in [0.29, 0.717) is 56.5 Å². The van der Waals surface area contributed by atoms with Crippen LogP contribution in [-0.4, -0.2) is 61.3 Å². The van der Waals surface area contributed by atoms with Gasteiger partial charge in [-0.3, -0.25) is 4.79 Å². The molecule has 0 bridgehead atoms. The van der Waals surface area contributed by atoms with Crippen molar-refractivity contribution in [3.05, 3.63) is 53.7 Å². The van der Waals surface area contributed by atoms with Gasteiger partial charge in [-0.1, -0.05) is 6.07 Å². The fourth-order valence-electron chi connectivity index (χ4n) is 3.77. The first-order valence-corrected chi connectivity index (χ1v) is 10.3. The molecule has 2 fully saturated rings. The number of halogens is 3. The predicted octanol–water partition coefficient (Wildman–Crippen LogP) is 3.62. The first-order chi connectivity index (χ1) is 14.9. The number of pyridine rings is 1. The summed E-state index contributed by atoms with van der Waals surface area (Å²) in [6.45, 7) is 3.13. The van der Waals surface area contributed by atoms with Crippen LogP contribution in [0.15, 0.2) is 42.6 Å². The van der Waals surface area contributed by atoms with Crippen LogP contribution in [0.4, 0.5) is 18.9 Å². The smallest absolute Gasteiger partial charge is 0.416 e. The van der Waals surface area contributed by atoms with E-state index in [9.17, 15) is 18.0 Å². The van der Waals surface area contributed by atoms with Gasteiger partial charge in [-0.2, -0.15) is 13.2 Å². The molecule has 2 aromatic rings. The van der Waals surface area contributed by atoms with Crippen LogP contribution >= 0.6 is 0 Å². The summed E-state index contributed by atoms with van der Waals surface area (Å²) >= 11 is 0. The number of rotatable bonds is 4. The Morgan fingerprint density at radius 2 is 1.81 bits per heavy atom. The number of carbonyl (C=O) groups excluding carboxylic acids is 1. The second-order valence-electron chi connectivity index (χ2n) is 7.64. The van der Waals surface area contributed by atoms with Gasteiger partial charge in [0, 0.05) is 57.0 Å². The van der Waals surface area contributed by atoms with Crippen molar-refractivity contribution in [2.24, 2.45) is 0 Å². The van der Waals surface area contributed by atoms with E-state index in [-0.39, 0.29) is 12.0 Å². The third-order valence-electron chi connectivity index (χ3n) is 5.54. The molecule has 0 atom stereocenters. The quantitative estimate of drug-likeness (QED) is 0.734. The lowest BCUT2D eigenvalue weighted by Gasteiger charge is -2.36. The van der Waals surface area contributed by atoms with Crippen LogP contribution in [0.2, 0.25) is 0 Å². The maximum Gasteiger partial charge on any atom is 0.416 e. The third-order valence-corrected chi connectivity index (χ3v) is 5.54. The number of alkyl halides is 3. The van der Waals surface area contributed by atoms with Crippen molar-refractivity contribution >= 4 is 11.6 Å². The van der Waals surface area contributed by atoms with E-state index in [2.05, 4.69) is 4.98 Å². The molecule has 0 aliphatic carbocycles. The fourth-order valence-corrected chi connectivity index (χ4v) is 3.77. The molecule has 9 heteroatoms. The van der Waals surface area contributed by atoms with Crippen molar-refractivity contribution in [2.45, 2.75) is 25.1 Å². The number of anilines is 1. The largest absolute Gasteiger partial charge is 0.474 e. The van der Waals surface area contributed by atoms with Gasteiger partial charge in [0.2, 0.25) is 5.88 Å². The van der Waals surface area contributed by atoms with E-state index >= 15 is 0 Å². The lowest BCUT2D eigenvalue weighted by atomic mass is 10.1. The van der Waals surface area contributed by atoms with E-state index in [4.69, 9.17) is 9.47 Å². The van der Waals surface area contributed by atoms with Gasteiger partial charge in [0.15, 0.2) is 0 Å². The lowest BCUT2D eigenvalue weighted by Crippen LogP contribution is -2.48. The first kappa shape index (κ1) is 21.4. The molecule has 0 unspecified atom stereocenters. The minimum Gasteiger partial charge on any atom is -0.474 e. The summed E-state index contributed by atoms with van der Waals surface area (Å²) in [5.41, 5.74) is 0.308. The molecule has 3 heterocycles. The average Bonchev–Trinajstić information content (AvgIpc) is 2.79. The Balaban J connectivity index is 1.33. The van der Waals surface area contributed by atoms with Crippen LogP contribution < -0.4 is 9.64 Å². The van der Waals surface area contributed by atoms with Gasteiger partial charge in [0.1, 0.15) is 6.10 Å². The Labute approximate surface area is 178 Å². The Bertz CT molecular complexity index is 891. The molecule has 1 aromatic carbocycles. The summed E-state index contributed by atoms with van der Waals surface area (Å²) in [4.78, 5) is 20.6. The van der Waals surface area contributed by atoms with Gasteiger partial charge < -0.3 is 19.3 Å². The van der Waals surface area contributed by atoms with Crippen molar-refractivity contribution in [1.82, 2.24) is 9.88 Å². The summed E-state index contributed by atoms with van der Waals surface area (Å²) in [5.74, 6) is 0.339. The highest BCUT2D eigenvalue weighted by molar-refractivity contribution is 5.94. The molecule has 166 valence electrons. The Kier molecular flexibility index (Phi) is 6.31. The molecule has 2 saturated heterocycles. The molecular weight excluding hydrogens is 411 g/mol. The standard InChI is InChI=1S/C22H24F3N3O3/c23-22(24,25)17-2-1-3-18(14-17)27-8-10-28(11-9-27)21(29)16-4-5-20(26-15-16)31-19-6-12-30-13-7-19/h1-5,14-15,19H,6-13H2. The predicted molar refractivity (Wildman–Crippen MR) is 108 cm³/mol. The van der Waals surface area contributed by atoms with E-state index in [1.54, 1.807) is 23.1 Å². The molecular formula is C22H24F3N3O3. The van der Waals surface area contributed by atoms with Crippen molar-refractivity contribution in [3.8, 4) is 5.88 Å². The minimum atomic E-state index is -4.37. The zero-order chi connectivity index (χ0) is 21.8. The van der Waals surface area contributed by atoms with Crippen molar-refractivity contribution < 1.29 is 27.4 Å². The first-order valence-electron chi connectivity index (χ1n) is 10.3. The number of amides is 1. The summed E-state index contributed by atoms with van der Waals surface area (Å²) in [5, 5.41) is 0. The number of nitrogens with zero attached hydrogens (tertiary/aromatic N) is 3. The molecule has 0 spiro atoms. The second-order valence-corrected chi connectivity index (χ2v) is 7.64. The van der Waals surface area contributed by atoms with Crippen molar-refractivity contribution in [1.29, 1.82) is 0 Å². The maximum absolute atomic E-state index is 13.0. The number of ether oxygens (including phenoxy) is 2. The zero-order valence-electron chi connectivity index (χ0n) is 17.0. The van der Waals surface area contributed by atoms with Crippen LogP contribution in [0, 0.1) is 0 Å². The highest BCUT2D eigenvalue weighted by Crippen LogP contribution is 2.32. The van der Waals surface area contributed by atoms with Crippen LogP contribution in [-0.2, 0) is 10.9 Å². The molecule has 2 aliphatic heterocycles. The lowest BCUT2D eigenvalue weighted by molar-refractivity contribution is -0.137.